The van der Waals surface area contributed by atoms with Crippen LogP contribution < -0.4 is 5.32 Å². The number of hydrogen-bond donors (Lipinski definition) is 1. The minimum Gasteiger partial charge on any atom is -0.469 e. The van der Waals surface area contributed by atoms with E-state index in [-0.39, 0.29) is 17.7 Å². The fraction of sp³-hybridized carbons (Fsp3) is 0.500. The molecule has 2 aromatic rings. The Kier molecular flexibility index (Phi) is 7.38. The van der Waals surface area contributed by atoms with E-state index in [4.69, 9.17) is 0 Å². The van der Waals surface area contributed by atoms with Gasteiger partial charge in [0.15, 0.2) is 5.69 Å². The molecular weight excluding hydrogens is 373 g/mol. The number of carbonyl (C=O) groups is 2. The average molecular weight is 401 g/mol. The molecule has 0 spiro atoms. The Morgan fingerprint density at radius 2 is 1.86 bits per heavy atom. The Morgan fingerprint density at radius 3 is 2.62 bits per heavy atom. The van der Waals surface area contributed by atoms with Crippen LogP contribution in [0.3, 0.4) is 0 Å². The summed E-state index contributed by atoms with van der Waals surface area (Å²) in [5.41, 5.74) is 3.31. The third-order valence-electron chi connectivity index (χ3n) is 5.29. The first-order valence-electron chi connectivity index (χ1n) is 10.3. The van der Waals surface area contributed by atoms with Crippen molar-refractivity contribution in [1.82, 2.24) is 15.1 Å². The number of hydrogen-bond acceptors (Lipinski definition) is 4. The molecule has 1 aromatic carbocycles. The van der Waals surface area contributed by atoms with Gasteiger partial charge in [0.1, 0.15) is 5.82 Å². The van der Waals surface area contributed by atoms with Gasteiger partial charge < -0.3 is 10.1 Å². The van der Waals surface area contributed by atoms with Crippen LogP contribution in [-0.4, -0.2) is 35.3 Å². The first-order valence-corrected chi connectivity index (χ1v) is 10.3. The lowest BCUT2D eigenvalue weighted by Gasteiger charge is -2.07. The van der Waals surface area contributed by atoms with Crippen molar-refractivity contribution in [3.63, 3.8) is 0 Å². The van der Waals surface area contributed by atoms with Crippen LogP contribution >= 0.6 is 0 Å². The van der Waals surface area contributed by atoms with Crippen LogP contribution in [-0.2, 0) is 22.4 Å². The van der Waals surface area contributed by atoms with E-state index in [2.05, 4.69) is 15.2 Å². The van der Waals surface area contributed by atoms with Crippen LogP contribution in [0.15, 0.2) is 24.3 Å². The molecule has 7 heteroatoms. The van der Waals surface area contributed by atoms with Crippen LogP contribution in [0.25, 0.3) is 5.69 Å². The number of amides is 1. The Labute approximate surface area is 170 Å². The number of rotatable bonds is 8. The van der Waals surface area contributed by atoms with Crippen LogP contribution in [0.1, 0.15) is 66.7 Å². The summed E-state index contributed by atoms with van der Waals surface area (Å²) in [7, 11) is 1.39. The van der Waals surface area contributed by atoms with E-state index in [0.717, 1.165) is 68.3 Å². The van der Waals surface area contributed by atoms with Gasteiger partial charge in [0.25, 0.3) is 5.91 Å². The molecule has 1 aliphatic rings. The molecule has 156 valence electrons. The lowest BCUT2D eigenvalue weighted by Crippen LogP contribution is -2.26. The molecule has 0 bridgehead atoms. The lowest BCUT2D eigenvalue weighted by molar-refractivity contribution is -0.140. The highest BCUT2D eigenvalue weighted by Gasteiger charge is 2.24. The number of aromatic nitrogens is 2. The maximum absolute atomic E-state index is 13.3. The molecule has 3 rings (SSSR count). The summed E-state index contributed by atoms with van der Waals surface area (Å²) >= 11 is 0. The highest BCUT2D eigenvalue weighted by atomic mass is 19.1. The zero-order chi connectivity index (χ0) is 20.6. The van der Waals surface area contributed by atoms with E-state index in [9.17, 15) is 14.0 Å². The number of nitrogens with zero attached hydrogens (tertiary/aromatic N) is 2. The van der Waals surface area contributed by atoms with Gasteiger partial charge in [0, 0.05) is 24.2 Å². The van der Waals surface area contributed by atoms with Gasteiger partial charge in [-0.1, -0.05) is 12.8 Å². The highest BCUT2D eigenvalue weighted by molar-refractivity contribution is 5.94. The number of esters is 1. The van der Waals surface area contributed by atoms with E-state index < -0.39 is 0 Å². The van der Waals surface area contributed by atoms with Gasteiger partial charge in [-0.25, -0.2) is 9.07 Å². The molecule has 1 amide bonds. The molecule has 0 saturated heterocycles. The molecule has 1 aliphatic carbocycles. The van der Waals surface area contributed by atoms with Crippen molar-refractivity contribution in [3.05, 3.63) is 47.0 Å². The first-order chi connectivity index (χ1) is 14.1. The summed E-state index contributed by atoms with van der Waals surface area (Å²) in [5.74, 6) is -0.669. The number of carbonyl (C=O) groups excluding carboxylic acids is 2. The maximum atomic E-state index is 13.3. The van der Waals surface area contributed by atoms with Crippen molar-refractivity contribution in [2.45, 2.75) is 57.8 Å². The second kappa shape index (κ2) is 10.2. The summed E-state index contributed by atoms with van der Waals surface area (Å²) in [6, 6.07) is 6.20. The molecule has 0 unspecified atom stereocenters. The van der Waals surface area contributed by atoms with Crippen molar-refractivity contribution >= 4 is 11.9 Å². The second-order valence-corrected chi connectivity index (χ2v) is 7.37. The lowest BCUT2D eigenvalue weighted by atomic mass is 10.1. The Morgan fingerprint density at radius 1 is 1.10 bits per heavy atom. The number of methoxy groups -OCH3 is 1. The molecule has 1 aromatic heterocycles. The van der Waals surface area contributed by atoms with Crippen molar-refractivity contribution in [3.8, 4) is 5.69 Å². The van der Waals surface area contributed by atoms with Gasteiger partial charge in [-0.3, -0.25) is 9.59 Å². The van der Waals surface area contributed by atoms with E-state index >= 15 is 0 Å². The number of ether oxygens (including phenoxy) is 1. The molecule has 0 atom stereocenters. The normalized spacial score (nSPS) is 13.4. The maximum Gasteiger partial charge on any atom is 0.305 e. The summed E-state index contributed by atoms with van der Waals surface area (Å²) < 4.78 is 19.7. The fourth-order valence-electron chi connectivity index (χ4n) is 3.71. The molecule has 0 aliphatic heterocycles. The monoisotopic (exact) mass is 401 g/mol. The summed E-state index contributed by atoms with van der Waals surface area (Å²) in [6.07, 6.45) is 7.70. The molecular formula is C22H28FN3O3. The number of nitrogens with one attached hydrogen (secondary N) is 1. The molecule has 0 saturated carbocycles. The van der Waals surface area contributed by atoms with Crippen LogP contribution in [0.4, 0.5) is 4.39 Å². The number of unbranched alkanes of at least 4 members (excludes halogenated alkanes) is 2. The average Bonchev–Trinajstić information content (AvgIpc) is 2.92. The molecule has 0 fully saturated rings. The predicted octanol–water partition coefficient (Wildman–Crippen LogP) is 3.74. The van der Waals surface area contributed by atoms with Crippen LogP contribution in [0.2, 0.25) is 0 Å². The number of benzene rings is 1. The van der Waals surface area contributed by atoms with Crippen LogP contribution in [0.5, 0.6) is 0 Å². The highest BCUT2D eigenvalue weighted by Crippen LogP contribution is 2.26. The van der Waals surface area contributed by atoms with Crippen molar-refractivity contribution in [2.75, 3.05) is 13.7 Å². The van der Waals surface area contributed by atoms with Gasteiger partial charge in [0.2, 0.25) is 0 Å². The van der Waals surface area contributed by atoms with Gasteiger partial charge in [-0.15, -0.1) is 0 Å². The van der Waals surface area contributed by atoms with E-state index in [1.54, 1.807) is 16.8 Å². The van der Waals surface area contributed by atoms with Gasteiger partial charge >= 0.3 is 5.97 Å². The van der Waals surface area contributed by atoms with Gasteiger partial charge in [-0.2, -0.15) is 5.10 Å². The summed E-state index contributed by atoms with van der Waals surface area (Å²) in [5, 5.41) is 7.56. The van der Waals surface area contributed by atoms with Gasteiger partial charge in [-0.05, 0) is 62.8 Å². The molecule has 6 nitrogen and oxygen atoms in total. The second-order valence-electron chi connectivity index (χ2n) is 7.37. The van der Waals surface area contributed by atoms with Gasteiger partial charge in [0.05, 0.1) is 12.8 Å². The Balaban J connectivity index is 1.67. The zero-order valence-electron chi connectivity index (χ0n) is 16.9. The predicted molar refractivity (Wildman–Crippen MR) is 108 cm³/mol. The Hall–Kier alpha value is -2.70. The third-order valence-corrected chi connectivity index (χ3v) is 5.29. The first kappa shape index (κ1) is 21.0. The fourth-order valence-corrected chi connectivity index (χ4v) is 3.71. The molecule has 1 heterocycles. The topological polar surface area (TPSA) is 73.2 Å². The van der Waals surface area contributed by atoms with E-state index in [1.165, 1.54) is 19.2 Å². The standard InChI is InChI=1S/C22H28FN3O3/c1-29-20(27)10-6-3-7-15-24-22(28)21-18-8-4-2-5-9-19(18)26(25-21)17-13-11-16(23)12-14-17/h11-14H,2-10,15H2,1H3,(H,24,28). The van der Waals surface area contributed by atoms with E-state index in [1.807, 2.05) is 0 Å². The van der Waals surface area contributed by atoms with Crippen molar-refractivity contribution < 1.29 is 18.7 Å². The summed E-state index contributed by atoms with van der Waals surface area (Å²) in [4.78, 5) is 23.9. The minimum atomic E-state index is -0.294. The number of halogens is 1. The third kappa shape index (κ3) is 5.43. The van der Waals surface area contributed by atoms with E-state index in [0.29, 0.717) is 18.7 Å². The number of fused-ring (bicyclic) bond motifs is 1. The quantitative estimate of drug-likeness (QED) is 0.415. The zero-order valence-corrected chi connectivity index (χ0v) is 16.9. The minimum absolute atomic E-state index is 0.169. The SMILES string of the molecule is COC(=O)CCCCCNC(=O)c1nn(-c2ccc(F)cc2)c2c1CCCCC2. The Bertz CT molecular complexity index is 846. The molecule has 0 radical (unpaired) electrons. The van der Waals surface area contributed by atoms with Crippen molar-refractivity contribution in [2.24, 2.45) is 0 Å². The van der Waals surface area contributed by atoms with Crippen LogP contribution in [0, 0.1) is 5.82 Å². The smallest absolute Gasteiger partial charge is 0.305 e. The summed E-state index contributed by atoms with van der Waals surface area (Å²) in [6.45, 7) is 0.540. The molecule has 1 N–H and O–H groups in total. The molecule has 29 heavy (non-hydrogen) atoms. The van der Waals surface area contributed by atoms with Crippen molar-refractivity contribution in [1.29, 1.82) is 0 Å². The largest absolute Gasteiger partial charge is 0.469 e.